The van der Waals surface area contributed by atoms with Gasteiger partial charge in [-0.1, -0.05) is 6.92 Å². The lowest BCUT2D eigenvalue weighted by molar-refractivity contribution is 0.352. The summed E-state index contributed by atoms with van der Waals surface area (Å²) in [5.74, 6) is 0.704. The lowest BCUT2D eigenvalue weighted by Gasteiger charge is -2.38. The number of nitrogens with zero attached hydrogens (tertiary/aromatic N) is 4. The van der Waals surface area contributed by atoms with Crippen LogP contribution >= 0.6 is 0 Å². The summed E-state index contributed by atoms with van der Waals surface area (Å²) in [4.78, 5) is 11.1. The van der Waals surface area contributed by atoms with Crippen molar-refractivity contribution in [1.29, 1.82) is 5.26 Å². The van der Waals surface area contributed by atoms with Gasteiger partial charge in [-0.3, -0.25) is 9.97 Å². The number of nitrogens with one attached hydrogen (secondary N) is 1. The molecule has 1 saturated heterocycles. The van der Waals surface area contributed by atoms with E-state index in [4.69, 9.17) is 0 Å². The number of hydrogen-bond donors (Lipinski definition) is 1. The van der Waals surface area contributed by atoms with Crippen molar-refractivity contribution in [2.45, 2.75) is 25.8 Å². The van der Waals surface area contributed by atoms with Gasteiger partial charge < -0.3 is 10.2 Å². The first kappa shape index (κ1) is 19.5. The fraction of sp³-hybridized carbons (Fsp3) is 0.526. The molecule has 0 unspecified atom stereocenters. The van der Waals surface area contributed by atoms with E-state index >= 15 is 0 Å². The summed E-state index contributed by atoms with van der Waals surface area (Å²) in [6.07, 6.45) is 6.21. The van der Waals surface area contributed by atoms with Gasteiger partial charge in [0.25, 0.3) is 0 Å². The number of anilines is 1. The van der Waals surface area contributed by atoms with Gasteiger partial charge in [0.1, 0.15) is 26.9 Å². The summed E-state index contributed by atoms with van der Waals surface area (Å²) < 4.78 is 22.6. The number of aromatic nitrogens is 2. The van der Waals surface area contributed by atoms with Gasteiger partial charge in [-0.25, -0.2) is 8.42 Å². The van der Waals surface area contributed by atoms with Crippen LogP contribution in [0.3, 0.4) is 0 Å². The topological polar surface area (TPSA) is 99.0 Å². The molecule has 1 aliphatic heterocycles. The molecule has 0 radical (unpaired) electrons. The summed E-state index contributed by atoms with van der Waals surface area (Å²) in [6, 6.07) is 6.23. The molecule has 0 saturated carbocycles. The van der Waals surface area contributed by atoms with E-state index in [1.54, 1.807) is 18.5 Å². The molecule has 1 aromatic heterocycles. The average Bonchev–Trinajstić information content (AvgIpc) is 2.63. The number of benzene rings is 1. The SMILES string of the molecule is C[C@H]1C[C@@H](NCCCS(C)(=O)=O)CN(c2ccc(C#N)c3nccnc23)C1. The van der Waals surface area contributed by atoms with E-state index < -0.39 is 9.84 Å². The molecule has 1 fully saturated rings. The van der Waals surface area contributed by atoms with E-state index in [2.05, 4.69) is 33.2 Å². The van der Waals surface area contributed by atoms with Gasteiger partial charge in [0, 0.05) is 37.8 Å². The largest absolute Gasteiger partial charge is 0.368 e. The molecular weight excluding hydrogens is 362 g/mol. The summed E-state index contributed by atoms with van der Waals surface area (Å²) >= 11 is 0. The van der Waals surface area contributed by atoms with E-state index in [0.717, 1.165) is 30.7 Å². The third-order valence-electron chi connectivity index (χ3n) is 4.85. The lowest BCUT2D eigenvalue weighted by Crippen LogP contribution is -2.49. The molecule has 2 atom stereocenters. The second-order valence-corrected chi connectivity index (χ2v) is 9.64. The first-order valence-corrected chi connectivity index (χ1v) is 11.2. The molecule has 3 rings (SSSR count). The number of fused-ring (bicyclic) bond motifs is 1. The molecule has 144 valence electrons. The first-order chi connectivity index (χ1) is 12.9. The molecule has 1 aliphatic rings. The van der Waals surface area contributed by atoms with Gasteiger partial charge >= 0.3 is 0 Å². The Bertz CT molecular complexity index is 954. The molecule has 2 heterocycles. The van der Waals surface area contributed by atoms with Gasteiger partial charge in [0.2, 0.25) is 0 Å². The van der Waals surface area contributed by atoms with Gasteiger partial charge in [-0.05, 0) is 37.4 Å². The third-order valence-corrected chi connectivity index (χ3v) is 5.88. The van der Waals surface area contributed by atoms with Crippen LogP contribution in [0, 0.1) is 17.2 Å². The van der Waals surface area contributed by atoms with Crippen LogP contribution in [0.4, 0.5) is 5.69 Å². The standard InChI is InChI=1S/C19H25N5O2S/c1-14-10-16(21-6-3-9-27(2,25)26)13-24(12-14)17-5-4-15(11-20)18-19(17)23-8-7-22-18/h4-5,7-8,14,16,21H,3,6,9-10,12-13H2,1-2H3/t14-,16+/m0/s1. The van der Waals surface area contributed by atoms with Crippen molar-refractivity contribution in [3.05, 3.63) is 30.1 Å². The summed E-state index contributed by atoms with van der Waals surface area (Å²) in [7, 11) is -2.91. The zero-order valence-electron chi connectivity index (χ0n) is 15.7. The highest BCUT2D eigenvalue weighted by atomic mass is 32.2. The number of sulfone groups is 1. The Morgan fingerprint density at radius 1 is 1.26 bits per heavy atom. The smallest absolute Gasteiger partial charge is 0.147 e. The average molecular weight is 388 g/mol. The van der Waals surface area contributed by atoms with Gasteiger partial charge in [0.05, 0.1) is 17.0 Å². The fourth-order valence-electron chi connectivity index (χ4n) is 3.72. The maximum atomic E-state index is 11.3. The first-order valence-electron chi connectivity index (χ1n) is 9.17. The minimum Gasteiger partial charge on any atom is -0.368 e. The van der Waals surface area contributed by atoms with Crippen molar-refractivity contribution >= 4 is 26.6 Å². The minimum atomic E-state index is -2.91. The summed E-state index contributed by atoms with van der Waals surface area (Å²) in [6.45, 7) is 4.64. The molecule has 8 heteroatoms. The van der Waals surface area contributed by atoms with Crippen LogP contribution in [0.2, 0.25) is 0 Å². The van der Waals surface area contributed by atoms with Gasteiger partial charge in [-0.15, -0.1) is 0 Å². The third kappa shape index (κ3) is 4.93. The van der Waals surface area contributed by atoms with Crippen molar-refractivity contribution in [3.8, 4) is 6.07 Å². The summed E-state index contributed by atoms with van der Waals surface area (Å²) in [5.41, 5.74) is 2.91. The molecular formula is C19H25N5O2S. The van der Waals surface area contributed by atoms with Crippen LogP contribution in [0.1, 0.15) is 25.3 Å². The van der Waals surface area contributed by atoms with Crippen LogP contribution in [-0.4, -0.2) is 56.1 Å². The van der Waals surface area contributed by atoms with E-state index in [-0.39, 0.29) is 11.8 Å². The minimum absolute atomic E-state index is 0.210. The Morgan fingerprint density at radius 3 is 2.70 bits per heavy atom. The van der Waals surface area contributed by atoms with Crippen molar-refractivity contribution in [3.63, 3.8) is 0 Å². The number of hydrogen-bond acceptors (Lipinski definition) is 7. The zero-order chi connectivity index (χ0) is 19.4. The number of rotatable bonds is 6. The molecule has 0 amide bonds. The second kappa shape index (κ2) is 8.19. The van der Waals surface area contributed by atoms with Crippen molar-refractivity contribution in [2.75, 3.05) is 36.5 Å². The van der Waals surface area contributed by atoms with Crippen molar-refractivity contribution < 1.29 is 8.42 Å². The molecule has 1 N–H and O–H groups in total. The normalized spacial score (nSPS) is 20.6. The molecule has 1 aromatic carbocycles. The highest BCUT2D eigenvalue weighted by molar-refractivity contribution is 7.90. The Kier molecular flexibility index (Phi) is 5.92. The lowest BCUT2D eigenvalue weighted by atomic mass is 9.95. The summed E-state index contributed by atoms with van der Waals surface area (Å²) in [5, 5.41) is 12.8. The van der Waals surface area contributed by atoms with Crippen molar-refractivity contribution in [1.82, 2.24) is 15.3 Å². The van der Waals surface area contributed by atoms with E-state index in [1.807, 2.05) is 6.07 Å². The van der Waals surface area contributed by atoms with Crippen LogP contribution in [0.15, 0.2) is 24.5 Å². The van der Waals surface area contributed by atoms with Crippen LogP contribution in [0.5, 0.6) is 0 Å². The molecule has 0 bridgehead atoms. The van der Waals surface area contributed by atoms with E-state index in [1.165, 1.54) is 6.26 Å². The predicted octanol–water partition coefficient (Wildman–Crippen LogP) is 1.74. The number of piperidine rings is 1. The predicted molar refractivity (Wildman–Crippen MR) is 106 cm³/mol. The maximum Gasteiger partial charge on any atom is 0.147 e. The van der Waals surface area contributed by atoms with Crippen LogP contribution in [0.25, 0.3) is 11.0 Å². The highest BCUT2D eigenvalue weighted by Crippen LogP contribution is 2.30. The quantitative estimate of drug-likeness (QED) is 0.754. The Hall–Kier alpha value is -2.24. The molecule has 0 aliphatic carbocycles. The Morgan fingerprint density at radius 2 is 2.00 bits per heavy atom. The maximum absolute atomic E-state index is 11.3. The molecule has 7 nitrogen and oxygen atoms in total. The molecule has 2 aromatic rings. The zero-order valence-corrected chi connectivity index (χ0v) is 16.5. The molecule has 0 spiro atoms. The van der Waals surface area contributed by atoms with Gasteiger partial charge in [-0.2, -0.15) is 5.26 Å². The molecule has 27 heavy (non-hydrogen) atoms. The number of nitriles is 1. The Labute approximate surface area is 160 Å². The monoisotopic (exact) mass is 387 g/mol. The van der Waals surface area contributed by atoms with Crippen LogP contribution < -0.4 is 10.2 Å². The van der Waals surface area contributed by atoms with Crippen molar-refractivity contribution in [2.24, 2.45) is 5.92 Å². The Balaban J connectivity index is 1.75. The van der Waals surface area contributed by atoms with E-state index in [0.29, 0.717) is 30.0 Å². The van der Waals surface area contributed by atoms with Gasteiger partial charge in [0.15, 0.2) is 0 Å². The second-order valence-electron chi connectivity index (χ2n) is 7.38. The van der Waals surface area contributed by atoms with Crippen LogP contribution in [-0.2, 0) is 9.84 Å². The fourth-order valence-corrected chi connectivity index (χ4v) is 4.39. The van der Waals surface area contributed by atoms with E-state index in [9.17, 15) is 13.7 Å². The highest BCUT2D eigenvalue weighted by Gasteiger charge is 2.26.